The Kier molecular flexibility index (Phi) is 5.73. The predicted molar refractivity (Wildman–Crippen MR) is 104 cm³/mol. The van der Waals surface area contributed by atoms with Crippen molar-refractivity contribution in [1.29, 1.82) is 0 Å². The predicted octanol–water partition coefficient (Wildman–Crippen LogP) is 5.71. The number of amides is 1. The molecular weight excluding hydrogens is 436 g/mol. The zero-order chi connectivity index (χ0) is 23.3. The first kappa shape index (κ1) is 22.6. The van der Waals surface area contributed by atoms with Crippen molar-refractivity contribution in [2.75, 3.05) is 6.54 Å². The summed E-state index contributed by atoms with van der Waals surface area (Å²) in [6.07, 6.45) is -9.30. The Morgan fingerprint density at radius 3 is 2.22 bits per heavy atom. The van der Waals surface area contributed by atoms with E-state index in [2.05, 4.69) is 0 Å². The van der Waals surface area contributed by atoms with Crippen LogP contribution in [0.25, 0.3) is 0 Å². The summed E-state index contributed by atoms with van der Waals surface area (Å²) in [6, 6.07) is 8.95. The third-order valence-corrected chi connectivity index (χ3v) is 6.23. The number of aryl methyl sites for hydroxylation is 1. The van der Waals surface area contributed by atoms with Crippen LogP contribution in [-0.4, -0.2) is 29.5 Å². The molecule has 1 amide bonds. The van der Waals surface area contributed by atoms with Crippen molar-refractivity contribution in [3.8, 4) is 0 Å². The van der Waals surface area contributed by atoms with Crippen LogP contribution in [0.4, 0.5) is 26.3 Å². The molecule has 2 aliphatic heterocycles. The van der Waals surface area contributed by atoms with Crippen molar-refractivity contribution in [3.63, 3.8) is 0 Å². The van der Waals surface area contributed by atoms with Gasteiger partial charge in [-0.2, -0.15) is 26.3 Å². The van der Waals surface area contributed by atoms with E-state index in [9.17, 15) is 31.1 Å². The first-order valence-electron chi connectivity index (χ1n) is 10.2. The molecule has 2 aromatic carbocycles. The summed E-state index contributed by atoms with van der Waals surface area (Å²) in [5, 5.41) is 0. The molecule has 2 unspecified atom stereocenters. The van der Waals surface area contributed by atoms with E-state index in [0.717, 1.165) is 11.1 Å². The highest BCUT2D eigenvalue weighted by atomic mass is 19.4. The number of carbonyl (C=O) groups excluding carboxylic acids is 1. The standard InChI is InChI=1S/C23H21F6NO2/c1-13-4-2-3-5-17(13)21-18-6-7-20(31)30(18)11-19(21)32-12-14-8-15(22(24,25)26)10-16(9-14)23(27,28)29/h2-5,8-10,18-19,21H,6-7,11-12H2,1H3/t18?,19?,21-/m0/s1. The molecule has 172 valence electrons. The zero-order valence-electron chi connectivity index (χ0n) is 17.1. The Hall–Kier alpha value is -2.55. The van der Waals surface area contributed by atoms with E-state index >= 15 is 0 Å². The van der Waals surface area contributed by atoms with Crippen molar-refractivity contribution < 1.29 is 35.9 Å². The van der Waals surface area contributed by atoms with Gasteiger partial charge in [-0.1, -0.05) is 24.3 Å². The lowest BCUT2D eigenvalue weighted by molar-refractivity contribution is -0.143. The number of nitrogens with zero attached hydrogens (tertiary/aromatic N) is 1. The van der Waals surface area contributed by atoms with E-state index in [-0.39, 0.29) is 36.0 Å². The van der Waals surface area contributed by atoms with Crippen LogP contribution in [0.3, 0.4) is 0 Å². The number of rotatable bonds is 4. The molecule has 0 bridgehead atoms. The number of ether oxygens (including phenoxy) is 1. The maximum Gasteiger partial charge on any atom is 0.416 e. The van der Waals surface area contributed by atoms with Gasteiger partial charge in [0.05, 0.1) is 23.8 Å². The highest BCUT2D eigenvalue weighted by Gasteiger charge is 2.48. The number of carbonyl (C=O) groups is 1. The minimum Gasteiger partial charge on any atom is -0.371 e. The second kappa shape index (κ2) is 8.10. The Morgan fingerprint density at radius 1 is 1.00 bits per heavy atom. The third-order valence-electron chi connectivity index (χ3n) is 6.23. The summed E-state index contributed by atoms with van der Waals surface area (Å²) in [5.74, 6) is -0.214. The largest absolute Gasteiger partial charge is 0.416 e. The Bertz CT molecular complexity index is 984. The molecule has 4 rings (SSSR count). The maximum atomic E-state index is 13.2. The van der Waals surface area contributed by atoms with Crippen LogP contribution < -0.4 is 0 Å². The molecule has 0 radical (unpaired) electrons. The van der Waals surface area contributed by atoms with E-state index in [0.29, 0.717) is 25.0 Å². The van der Waals surface area contributed by atoms with Gasteiger partial charge < -0.3 is 9.64 Å². The number of fused-ring (bicyclic) bond motifs is 1. The molecule has 2 heterocycles. The summed E-state index contributed by atoms with van der Waals surface area (Å²) in [5.41, 5.74) is -0.994. The van der Waals surface area contributed by atoms with Crippen LogP contribution in [0.15, 0.2) is 42.5 Å². The summed E-state index contributed by atoms with van der Waals surface area (Å²) in [4.78, 5) is 14.0. The topological polar surface area (TPSA) is 29.5 Å². The molecule has 0 saturated carbocycles. The molecule has 2 saturated heterocycles. The molecule has 0 spiro atoms. The van der Waals surface area contributed by atoms with Crippen molar-refractivity contribution in [2.45, 2.75) is 56.8 Å². The smallest absolute Gasteiger partial charge is 0.371 e. The van der Waals surface area contributed by atoms with Crippen LogP contribution in [0.1, 0.15) is 46.6 Å². The molecule has 9 heteroatoms. The summed E-state index contributed by atoms with van der Waals surface area (Å²) >= 11 is 0. The molecule has 0 N–H and O–H groups in total. The van der Waals surface area contributed by atoms with Crippen LogP contribution in [0, 0.1) is 6.92 Å². The Labute approximate surface area is 181 Å². The van der Waals surface area contributed by atoms with Crippen molar-refractivity contribution in [2.24, 2.45) is 0 Å². The van der Waals surface area contributed by atoms with E-state index in [4.69, 9.17) is 4.74 Å². The van der Waals surface area contributed by atoms with Gasteiger partial charge in [-0.3, -0.25) is 4.79 Å². The minimum absolute atomic E-state index is 0.0156. The van der Waals surface area contributed by atoms with E-state index in [1.54, 1.807) is 4.90 Å². The lowest BCUT2D eigenvalue weighted by Gasteiger charge is -2.25. The SMILES string of the molecule is Cc1ccccc1[C@@H]1C(OCc2cc(C(F)(F)F)cc(C(F)(F)F)c2)CN2C(=O)CCC12. The lowest BCUT2D eigenvalue weighted by atomic mass is 9.86. The molecule has 0 aromatic heterocycles. The first-order chi connectivity index (χ1) is 14.9. The lowest BCUT2D eigenvalue weighted by Crippen LogP contribution is -2.29. The van der Waals surface area contributed by atoms with Gasteiger partial charge in [0.2, 0.25) is 5.91 Å². The zero-order valence-corrected chi connectivity index (χ0v) is 17.1. The van der Waals surface area contributed by atoms with Gasteiger partial charge in [-0.25, -0.2) is 0 Å². The summed E-state index contributed by atoms with van der Waals surface area (Å²) in [6.45, 7) is 1.76. The minimum atomic E-state index is -4.91. The third kappa shape index (κ3) is 4.35. The monoisotopic (exact) mass is 457 g/mol. The number of benzene rings is 2. The summed E-state index contributed by atoms with van der Waals surface area (Å²) < 4.78 is 84.8. The maximum absolute atomic E-state index is 13.2. The van der Waals surface area contributed by atoms with Gasteiger partial charge >= 0.3 is 12.4 Å². The quantitative estimate of drug-likeness (QED) is 0.551. The number of alkyl halides is 6. The van der Waals surface area contributed by atoms with Crippen molar-refractivity contribution >= 4 is 5.91 Å². The second-order valence-electron chi connectivity index (χ2n) is 8.30. The van der Waals surface area contributed by atoms with Gasteiger partial charge in [0, 0.05) is 24.9 Å². The van der Waals surface area contributed by atoms with Crippen molar-refractivity contribution in [3.05, 3.63) is 70.3 Å². The second-order valence-corrected chi connectivity index (χ2v) is 8.30. The van der Waals surface area contributed by atoms with Crippen LogP contribution >= 0.6 is 0 Å². The van der Waals surface area contributed by atoms with Crippen LogP contribution in [0.5, 0.6) is 0 Å². The fraction of sp³-hybridized carbons (Fsp3) is 0.435. The number of halogens is 6. The van der Waals surface area contributed by atoms with Gasteiger partial charge in [-0.05, 0) is 48.2 Å². The first-order valence-corrected chi connectivity index (χ1v) is 10.2. The molecule has 3 atom stereocenters. The Morgan fingerprint density at radius 2 is 1.62 bits per heavy atom. The van der Waals surface area contributed by atoms with Gasteiger partial charge in [-0.15, -0.1) is 0 Å². The average Bonchev–Trinajstić information content (AvgIpc) is 3.24. The average molecular weight is 457 g/mol. The molecule has 32 heavy (non-hydrogen) atoms. The van der Waals surface area contributed by atoms with E-state index in [1.807, 2.05) is 31.2 Å². The molecule has 2 aliphatic rings. The highest BCUT2D eigenvalue weighted by Crippen LogP contribution is 2.43. The van der Waals surface area contributed by atoms with Gasteiger partial charge in [0.25, 0.3) is 0 Å². The normalized spacial score (nSPS) is 23.7. The molecular formula is C23H21F6NO2. The van der Waals surface area contributed by atoms with E-state index in [1.165, 1.54) is 0 Å². The number of hydrogen-bond acceptors (Lipinski definition) is 2. The van der Waals surface area contributed by atoms with Crippen molar-refractivity contribution in [1.82, 2.24) is 4.90 Å². The van der Waals surface area contributed by atoms with Gasteiger partial charge in [0.15, 0.2) is 0 Å². The summed E-state index contributed by atoms with van der Waals surface area (Å²) in [7, 11) is 0. The molecule has 3 nitrogen and oxygen atoms in total. The van der Waals surface area contributed by atoms with E-state index < -0.39 is 36.2 Å². The fourth-order valence-electron chi connectivity index (χ4n) is 4.75. The van der Waals surface area contributed by atoms with Crippen LogP contribution in [0.2, 0.25) is 0 Å². The van der Waals surface area contributed by atoms with Crippen LogP contribution in [-0.2, 0) is 28.5 Å². The molecule has 2 aromatic rings. The van der Waals surface area contributed by atoms with Gasteiger partial charge in [0.1, 0.15) is 0 Å². The number of hydrogen-bond donors (Lipinski definition) is 0. The molecule has 2 fully saturated rings. The molecule has 0 aliphatic carbocycles. The fourth-order valence-corrected chi connectivity index (χ4v) is 4.75. The highest BCUT2D eigenvalue weighted by molar-refractivity contribution is 5.79. The Balaban J connectivity index is 1.62.